The molecule has 2 aliphatic heterocycles. The van der Waals surface area contributed by atoms with E-state index in [-0.39, 0.29) is 16.7 Å². The van der Waals surface area contributed by atoms with Gasteiger partial charge in [-0.2, -0.15) is 8.42 Å². The molecule has 0 bridgehead atoms. The summed E-state index contributed by atoms with van der Waals surface area (Å²) in [4.78, 5) is 14.9. The summed E-state index contributed by atoms with van der Waals surface area (Å²) in [7, 11) is -3.66. The van der Waals surface area contributed by atoms with Gasteiger partial charge in [0, 0.05) is 23.1 Å². The van der Waals surface area contributed by atoms with Crippen molar-refractivity contribution >= 4 is 43.4 Å². The van der Waals surface area contributed by atoms with Crippen molar-refractivity contribution in [3.8, 4) is 0 Å². The average molecular weight is 448 g/mol. The third-order valence-corrected chi connectivity index (χ3v) is 6.85. The number of fused-ring (bicyclic) bond motifs is 1. The molecule has 1 amide bonds. The number of para-hydroxylation sites is 1. The summed E-state index contributed by atoms with van der Waals surface area (Å²) in [6.07, 6.45) is 1.56. The first-order chi connectivity index (χ1) is 13.0. The molecule has 6 nitrogen and oxygen atoms in total. The van der Waals surface area contributed by atoms with Gasteiger partial charge in [-0.1, -0.05) is 24.3 Å². The number of carbonyl (C=O) groups excluding carboxylic acids is 1. The molecule has 1 fully saturated rings. The standard InChI is InChI=1S/C19H18BrN3O3S/c20-15-8-2-3-9-16(15)21-19(24)13-6-5-11-23(12-13)18-14-7-1-4-10-17(14)27(25,26)22-18/h1-4,7-10,13H,5-6,11-12H2,(H,21,24). The van der Waals surface area contributed by atoms with E-state index in [2.05, 4.69) is 25.6 Å². The molecule has 140 valence electrons. The molecule has 2 aromatic carbocycles. The van der Waals surface area contributed by atoms with Gasteiger partial charge in [0.05, 0.1) is 11.6 Å². The maximum atomic E-state index is 12.7. The maximum Gasteiger partial charge on any atom is 0.285 e. The number of halogens is 1. The largest absolute Gasteiger partial charge is 0.355 e. The molecule has 0 aliphatic carbocycles. The Balaban J connectivity index is 1.54. The zero-order valence-electron chi connectivity index (χ0n) is 14.4. The Morgan fingerprint density at radius 3 is 2.70 bits per heavy atom. The highest BCUT2D eigenvalue weighted by atomic mass is 79.9. The maximum absolute atomic E-state index is 12.7. The van der Waals surface area contributed by atoms with Crippen LogP contribution in [0.5, 0.6) is 0 Å². The highest BCUT2D eigenvalue weighted by Gasteiger charge is 2.35. The van der Waals surface area contributed by atoms with E-state index in [4.69, 9.17) is 0 Å². The van der Waals surface area contributed by atoms with Crippen LogP contribution in [0.15, 0.2) is 62.3 Å². The minimum atomic E-state index is -3.66. The molecule has 0 saturated carbocycles. The first kappa shape index (κ1) is 18.2. The van der Waals surface area contributed by atoms with E-state index < -0.39 is 10.0 Å². The van der Waals surface area contributed by atoms with Gasteiger partial charge in [0.15, 0.2) is 5.84 Å². The van der Waals surface area contributed by atoms with Crippen molar-refractivity contribution in [2.24, 2.45) is 10.3 Å². The van der Waals surface area contributed by atoms with Gasteiger partial charge in [-0.05, 0) is 53.0 Å². The second kappa shape index (κ2) is 7.09. The number of rotatable bonds is 2. The lowest BCUT2D eigenvalue weighted by molar-refractivity contribution is -0.121. The van der Waals surface area contributed by atoms with Gasteiger partial charge in [-0.25, -0.2) is 0 Å². The molecule has 1 N–H and O–H groups in total. The molecule has 27 heavy (non-hydrogen) atoms. The fraction of sp³-hybridized carbons (Fsp3) is 0.263. The van der Waals surface area contributed by atoms with Gasteiger partial charge >= 0.3 is 0 Å². The number of amides is 1. The molecule has 1 unspecified atom stereocenters. The van der Waals surface area contributed by atoms with E-state index in [1.54, 1.807) is 24.3 Å². The SMILES string of the molecule is O=C(Nc1ccccc1Br)C1CCCN(C2=NS(=O)(=O)c3ccccc32)C1. The summed E-state index contributed by atoms with van der Waals surface area (Å²) >= 11 is 3.43. The minimum Gasteiger partial charge on any atom is -0.355 e. The summed E-state index contributed by atoms with van der Waals surface area (Å²) < 4.78 is 29.4. The number of likely N-dealkylation sites (tertiary alicyclic amines) is 1. The Hall–Kier alpha value is -2.19. The molecule has 2 aromatic rings. The van der Waals surface area contributed by atoms with Crippen molar-refractivity contribution in [1.82, 2.24) is 4.90 Å². The van der Waals surface area contributed by atoms with E-state index in [0.717, 1.165) is 23.0 Å². The lowest BCUT2D eigenvalue weighted by atomic mass is 9.96. The third-order valence-electron chi connectivity index (χ3n) is 4.84. The number of piperidine rings is 1. The Morgan fingerprint density at radius 2 is 1.89 bits per heavy atom. The van der Waals surface area contributed by atoms with Gasteiger partial charge in [0.25, 0.3) is 10.0 Å². The van der Waals surface area contributed by atoms with Gasteiger partial charge in [0.2, 0.25) is 5.91 Å². The topological polar surface area (TPSA) is 78.8 Å². The van der Waals surface area contributed by atoms with Crippen molar-refractivity contribution < 1.29 is 13.2 Å². The van der Waals surface area contributed by atoms with Gasteiger partial charge in [-0.15, -0.1) is 4.40 Å². The van der Waals surface area contributed by atoms with Crippen LogP contribution in [0.2, 0.25) is 0 Å². The number of anilines is 1. The fourth-order valence-electron chi connectivity index (χ4n) is 3.50. The fourth-order valence-corrected chi connectivity index (χ4v) is 5.11. The number of carbonyl (C=O) groups is 1. The number of hydrogen-bond donors (Lipinski definition) is 1. The Labute approximate surface area is 166 Å². The van der Waals surface area contributed by atoms with Crippen LogP contribution in [0.3, 0.4) is 0 Å². The summed E-state index contributed by atoms with van der Waals surface area (Å²) in [5, 5.41) is 2.96. The first-order valence-corrected chi connectivity index (χ1v) is 10.9. The molecule has 0 radical (unpaired) electrons. The zero-order chi connectivity index (χ0) is 19.0. The number of benzene rings is 2. The monoisotopic (exact) mass is 447 g/mol. The molecule has 0 aromatic heterocycles. The van der Waals surface area contributed by atoms with Gasteiger partial charge in [-0.3, -0.25) is 4.79 Å². The van der Waals surface area contributed by atoms with E-state index >= 15 is 0 Å². The molecule has 4 rings (SSSR count). The highest BCUT2D eigenvalue weighted by molar-refractivity contribution is 9.10. The summed E-state index contributed by atoms with van der Waals surface area (Å²) in [6, 6.07) is 14.3. The normalized spacial score (nSPS) is 20.7. The molecular weight excluding hydrogens is 430 g/mol. The van der Waals surface area contributed by atoms with Crippen molar-refractivity contribution in [3.63, 3.8) is 0 Å². The van der Waals surface area contributed by atoms with Crippen LogP contribution in [-0.4, -0.2) is 38.2 Å². The molecular formula is C19H18BrN3O3S. The van der Waals surface area contributed by atoms with Crippen LogP contribution >= 0.6 is 15.9 Å². The molecule has 0 spiro atoms. The van der Waals surface area contributed by atoms with Crippen molar-refractivity contribution in [1.29, 1.82) is 0 Å². The summed E-state index contributed by atoms with van der Waals surface area (Å²) in [5.41, 5.74) is 1.34. The van der Waals surface area contributed by atoms with Crippen LogP contribution in [0, 0.1) is 5.92 Å². The Morgan fingerprint density at radius 1 is 1.15 bits per heavy atom. The van der Waals surface area contributed by atoms with Crippen LogP contribution < -0.4 is 5.32 Å². The lowest BCUT2D eigenvalue weighted by Crippen LogP contribution is -2.43. The average Bonchev–Trinajstić information content (AvgIpc) is 2.95. The van der Waals surface area contributed by atoms with Crippen molar-refractivity contribution in [3.05, 3.63) is 58.6 Å². The number of amidine groups is 1. The Kier molecular flexibility index (Phi) is 4.77. The van der Waals surface area contributed by atoms with Crippen LogP contribution in [-0.2, 0) is 14.8 Å². The predicted octanol–water partition coefficient (Wildman–Crippen LogP) is 3.25. The Bertz CT molecular complexity index is 1040. The predicted molar refractivity (Wildman–Crippen MR) is 107 cm³/mol. The minimum absolute atomic E-state index is 0.0682. The smallest absolute Gasteiger partial charge is 0.285 e. The molecule has 8 heteroatoms. The van der Waals surface area contributed by atoms with Crippen LogP contribution in [0.4, 0.5) is 5.69 Å². The van der Waals surface area contributed by atoms with E-state index in [1.807, 2.05) is 29.2 Å². The summed E-state index contributed by atoms with van der Waals surface area (Å²) in [5.74, 6) is 0.148. The van der Waals surface area contributed by atoms with Gasteiger partial charge < -0.3 is 10.2 Å². The lowest BCUT2D eigenvalue weighted by Gasteiger charge is -2.33. The summed E-state index contributed by atoms with van der Waals surface area (Å²) in [6.45, 7) is 1.13. The van der Waals surface area contributed by atoms with Crippen LogP contribution in [0.1, 0.15) is 18.4 Å². The van der Waals surface area contributed by atoms with Crippen molar-refractivity contribution in [2.45, 2.75) is 17.7 Å². The number of hydrogen-bond acceptors (Lipinski definition) is 4. The van der Waals surface area contributed by atoms with E-state index in [9.17, 15) is 13.2 Å². The molecule has 2 heterocycles. The molecule has 1 atom stereocenters. The molecule has 1 saturated heterocycles. The van der Waals surface area contributed by atoms with Crippen molar-refractivity contribution in [2.75, 3.05) is 18.4 Å². The molecule has 2 aliphatic rings. The number of nitrogens with zero attached hydrogens (tertiary/aromatic N) is 2. The zero-order valence-corrected chi connectivity index (χ0v) is 16.8. The van der Waals surface area contributed by atoms with E-state index in [1.165, 1.54) is 0 Å². The number of nitrogens with one attached hydrogen (secondary N) is 1. The quantitative estimate of drug-likeness (QED) is 0.765. The van der Waals surface area contributed by atoms with E-state index in [0.29, 0.717) is 24.5 Å². The van der Waals surface area contributed by atoms with Crippen LogP contribution in [0.25, 0.3) is 0 Å². The second-order valence-electron chi connectivity index (χ2n) is 6.64. The number of sulfonamides is 1. The third kappa shape index (κ3) is 3.51. The van der Waals surface area contributed by atoms with Gasteiger partial charge in [0.1, 0.15) is 4.90 Å². The first-order valence-electron chi connectivity index (χ1n) is 8.70. The highest BCUT2D eigenvalue weighted by Crippen LogP contribution is 2.30. The second-order valence-corrected chi connectivity index (χ2v) is 9.07.